The van der Waals surface area contributed by atoms with Crippen molar-refractivity contribution in [1.29, 1.82) is 0 Å². The van der Waals surface area contributed by atoms with Crippen molar-refractivity contribution in [2.24, 2.45) is 0 Å². The normalized spacial score (nSPS) is 22.2. The molecule has 0 bridgehead atoms. The maximum Gasteiger partial charge on any atom is 0.171 e. The topological polar surface area (TPSA) is 30.0 Å². The molecule has 14 heavy (non-hydrogen) atoms. The number of ketones is 1. The Morgan fingerprint density at radius 2 is 2.43 bits per heavy atom. The molecule has 1 aromatic heterocycles. The molecular weight excluding hydrogens is 214 g/mol. The summed E-state index contributed by atoms with van der Waals surface area (Å²) in [6.07, 6.45) is 5.56. The molecule has 76 valence electrons. The lowest BCUT2D eigenvalue weighted by atomic mass is 10.2. The molecule has 1 aliphatic rings. The van der Waals surface area contributed by atoms with Crippen molar-refractivity contribution < 1.29 is 4.79 Å². The predicted molar refractivity (Wildman–Crippen MR) is 61.2 cm³/mol. The van der Waals surface area contributed by atoms with E-state index in [0.717, 1.165) is 9.88 Å². The molecule has 0 spiro atoms. The van der Waals surface area contributed by atoms with E-state index in [9.17, 15) is 4.79 Å². The van der Waals surface area contributed by atoms with Crippen LogP contribution >= 0.6 is 23.1 Å². The molecule has 1 atom stereocenters. The van der Waals surface area contributed by atoms with Crippen LogP contribution in [0.3, 0.4) is 0 Å². The van der Waals surface area contributed by atoms with Crippen LogP contribution in [0.5, 0.6) is 0 Å². The Hall–Kier alpha value is -0.350. The molecule has 0 amide bonds. The molecule has 1 fully saturated rings. The van der Waals surface area contributed by atoms with Crippen LogP contribution in [0.1, 0.15) is 46.1 Å². The van der Waals surface area contributed by atoms with Gasteiger partial charge in [0.1, 0.15) is 5.01 Å². The second-order valence-corrected chi connectivity index (χ2v) is 5.85. The number of carbonyl (C=O) groups is 1. The first kappa shape index (κ1) is 10.2. The Bertz CT molecular complexity index is 329. The second-order valence-electron chi connectivity index (χ2n) is 3.47. The van der Waals surface area contributed by atoms with Gasteiger partial charge < -0.3 is 0 Å². The van der Waals surface area contributed by atoms with Gasteiger partial charge in [0.2, 0.25) is 0 Å². The SMILES string of the molecule is CC(=O)c1cnc(C2CCCCS2)s1. The highest BCUT2D eigenvalue weighted by molar-refractivity contribution is 7.99. The number of thiazole rings is 1. The van der Waals surface area contributed by atoms with Crippen LogP contribution in [-0.2, 0) is 0 Å². The maximum atomic E-state index is 11.1. The fourth-order valence-electron chi connectivity index (χ4n) is 1.53. The molecule has 1 unspecified atom stereocenters. The first-order valence-electron chi connectivity index (χ1n) is 4.85. The minimum absolute atomic E-state index is 0.134. The molecule has 0 N–H and O–H groups in total. The van der Waals surface area contributed by atoms with E-state index in [1.165, 1.54) is 25.0 Å². The average Bonchev–Trinajstić information content (AvgIpc) is 2.68. The first-order chi connectivity index (χ1) is 6.77. The summed E-state index contributed by atoms with van der Waals surface area (Å²) < 4.78 is 0. The lowest BCUT2D eigenvalue weighted by Crippen LogP contribution is -2.01. The van der Waals surface area contributed by atoms with Crippen molar-refractivity contribution in [2.45, 2.75) is 31.4 Å². The molecule has 1 aromatic rings. The van der Waals surface area contributed by atoms with Crippen LogP contribution in [0.15, 0.2) is 6.20 Å². The number of hydrogen-bond donors (Lipinski definition) is 0. The standard InChI is InChI=1S/C10H13NOS2/c1-7(12)9-6-11-10(14-9)8-4-2-3-5-13-8/h6,8H,2-5H2,1H3. The van der Waals surface area contributed by atoms with Gasteiger partial charge in [0.25, 0.3) is 0 Å². The van der Waals surface area contributed by atoms with E-state index in [1.807, 2.05) is 11.8 Å². The van der Waals surface area contributed by atoms with Crippen LogP contribution in [0.25, 0.3) is 0 Å². The van der Waals surface area contributed by atoms with Gasteiger partial charge in [-0.2, -0.15) is 11.8 Å². The van der Waals surface area contributed by atoms with Crippen molar-refractivity contribution in [1.82, 2.24) is 4.98 Å². The van der Waals surface area contributed by atoms with E-state index in [-0.39, 0.29) is 5.78 Å². The number of carbonyl (C=O) groups excluding carboxylic acids is 1. The first-order valence-corrected chi connectivity index (χ1v) is 6.72. The molecule has 2 heterocycles. The summed E-state index contributed by atoms with van der Waals surface area (Å²) in [5.74, 6) is 1.37. The number of rotatable bonds is 2. The van der Waals surface area contributed by atoms with Crippen molar-refractivity contribution >= 4 is 28.9 Å². The third kappa shape index (κ3) is 2.17. The van der Waals surface area contributed by atoms with Crippen molar-refractivity contribution in [3.05, 3.63) is 16.1 Å². The van der Waals surface area contributed by atoms with E-state index < -0.39 is 0 Å². The Balaban J connectivity index is 2.11. The third-order valence-electron chi connectivity index (χ3n) is 2.33. The molecule has 2 rings (SSSR count). The summed E-state index contributed by atoms with van der Waals surface area (Å²) in [5, 5.41) is 1.68. The highest BCUT2D eigenvalue weighted by Gasteiger charge is 2.19. The van der Waals surface area contributed by atoms with E-state index in [2.05, 4.69) is 4.98 Å². The summed E-state index contributed by atoms with van der Waals surface area (Å²) in [6.45, 7) is 1.60. The van der Waals surface area contributed by atoms with E-state index >= 15 is 0 Å². The quantitative estimate of drug-likeness (QED) is 0.726. The molecule has 4 heteroatoms. The zero-order chi connectivity index (χ0) is 9.97. The van der Waals surface area contributed by atoms with Gasteiger partial charge in [0.05, 0.1) is 10.1 Å². The predicted octanol–water partition coefficient (Wildman–Crippen LogP) is 3.30. The van der Waals surface area contributed by atoms with Crippen LogP contribution in [-0.4, -0.2) is 16.5 Å². The Kier molecular flexibility index (Phi) is 3.23. The molecule has 1 aliphatic heterocycles. The Morgan fingerprint density at radius 3 is 3.00 bits per heavy atom. The van der Waals surface area contributed by atoms with Gasteiger partial charge in [-0.1, -0.05) is 6.42 Å². The largest absolute Gasteiger partial charge is 0.294 e. The fraction of sp³-hybridized carbons (Fsp3) is 0.600. The van der Waals surface area contributed by atoms with Gasteiger partial charge in [-0.25, -0.2) is 4.98 Å². The second kappa shape index (κ2) is 4.45. The maximum absolute atomic E-state index is 11.1. The summed E-state index contributed by atoms with van der Waals surface area (Å²) in [5.41, 5.74) is 0. The van der Waals surface area contributed by atoms with Crippen molar-refractivity contribution in [3.8, 4) is 0 Å². The summed E-state index contributed by atoms with van der Waals surface area (Å²) in [4.78, 5) is 16.2. The molecule has 2 nitrogen and oxygen atoms in total. The van der Waals surface area contributed by atoms with Gasteiger partial charge in [0, 0.05) is 13.1 Å². The number of nitrogens with zero attached hydrogens (tertiary/aromatic N) is 1. The monoisotopic (exact) mass is 227 g/mol. The molecular formula is C10H13NOS2. The van der Waals surface area contributed by atoms with Crippen LogP contribution in [0, 0.1) is 0 Å². The minimum atomic E-state index is 0.134. The van der Waals surface area contributed by atoms with Gasteiger partial charge >= 0.3 is 0 Å². The summed E-state index contributed by atoms with van der Waals surface area (Å²) in [6, 6.07) is 0. The van der Waals surface area contributed by atoms with Crippen LogP contribution in [0.4, 0.5) is 0 Å². The Morgan fingerprint density at radius 1 is 1.57 bits per heavy atom. The van der Waals surface area contributed by atoms with Crippen LogP contribution < -0.4 is 0 Å². The number of aromatic nitrogens is 1. The van der Waals surface area contributed by atoms with Gasteiger partial charge in [0.15, 0.2) is 5.78 Å². The van der Waals surface area contributed by atoms with Crippen molar-refractivity contribution in [3.63, 3.8) is 0 Å². The summed E-state index contributed by atoms with van der Waals surface area (Å²) >= 11 is 3.54. The van der Waals surface area contributed by atoms with Gasteiger partial charge in [-0.15, -0.1) is 11.3 Å². The van der Waals surface area contributed by atoms with Crippen molar-refractivity contribution in [2.75, 3.05) is 5.75 Å². The smallest absolute Gasteiger partial charge is 0.171 e. The lowest BCUT2D eigenvalue weighted by Gasteiger charge is -2.18. The van der Waals surface area contributed by atoms with Gasteiger partial charge in [-0.3, -0.25) is 4.79 Å². The molecule has 0 radical (unpaired) electrons. The highest BCUT2D eigenvalue weighted by atomic mass is 32.2. The summed E-state index contributed by atoms with van der Waals surface area (Å²) in [7, 11) is 0. The Labute approximate surface area is 92.1 Å². The van der Waals surface area contributed by atoms with E-state index in [0.29, 0.717) is 5.25 Å². The van der Waals surface area contributed by atoms with Crippen LogP contribution in [0.2, 0.25) is 0 Å². The zero-order valence-corrected chi connectivity index (χ0v) is 9.79. The lowest BCUT2D eigenvalue weighted by molar-refractivity contribution is 0.102. The molecule has 0 aliphatic carbocycles. The van der Waals surface area contributed by atoms with E-state index in [4.69, 9.17) is 0 Å². The molecule has 0 aromatic carbocycles. The minimum Gasteiger partial charge on any atom is -0.294 e. The number of thioether (sulfide) groups is 1. The zero-order valence-electron chi connectivity index (χ0n) is 8.16. The fourth-order valence-corrected chi connectivity index (χ4v) is 3.90. The number of Topliss-reactive ketones (excluding diaryl/α,β-unsaturated/α-hetero) is 1. The molecule has 0 saturated carbocycles. The highest BCUT2D eigenvalue weighted by Crippen LogP contribution is 2.39. The molecule has 1 saturated heterocycles. The van der Waals surface area contributed by atoms with Gasteiger partial charge in [-0.05, 0) is 18.6 Å². The third-order valence-corrected chi connectivity index (χ3v) is 5.07. The average molecular weight is 227 g/mol. The number of hydrogen-bond acceptors (Lipinski definition) is 4. The van der Waals surface area contributed by atoms with E-state index in [1.54, 1.807) is 24.5 Å².